The van der Waals surface area contributed by atoms with Crippen molar-refractivity contribution in [3.63, 3.8) is 0 Å². The van der Waals surface area contributed by atoms with Gasteiger partial charge in [0.15, 0.2) is 0 Å². The van der Waals surface area contributed by atoms with Gasteiger partial charge < -0.3 is 0 Å². The zero-order chi connectivity index (χ0) is 25.6. The van der Waals surface area contributed by atoms with Crippen LogP contribution < -0.4 is 27.3 Å². The van der Waals surface area contributed by atoms with Gasteiger partial charge in [-0.3, -0.25) is 0 Å². The first-order chi connectivity index (χ1) is 17.7. The first-order valence-corrected chi connectivity index (χ1v) is 16.5. The molecule has 0 saturated carbocycles. The molecule has 0 amide bonds. The molecule has 0 spiro atoms. The van der Waals surface area contributed by atoms with Crippen LogP contribution in [-0.4, -0.2) is 47.6 Å². The number of anilines is 1. The van der Waals surface area contributed by atoms with Gasteiger partial charge in [-0.05, 0) is 0 Å². The van der Waals surface area contributed by atoms with Crippen molar-refractivity contribution >= 4 is 39.4 Å². The van der Waals surface area contributed by atoms with Gasteiger partial charge in [0.05, 0.1) is 0 Å². The molecule has 3 aromatic rings. The predicted molar refractivity (Wildman–Crippen MR) is 158 cm³/mol. The summed E-state index contributed by atoms with van der Waals surface area (Å²) in [6.07, 6.45) is 6.32. The summed E-state index contributed by atoms with van der Waals surface area (Å²) >= 11 is -0.480. The van der Waals surface area contributed by atoms with Crippen molar-refractivity contribution in [2.24, 2.45) is 0 Å². The van der Waals surface area contributed by atoms with Crippen molar-refractivity contribution < 1.29 is 0 Å². The van der Waals surface area contributed by atoms with Gasteiger partial charge in [-0.1, -0.05) is 0 Å². The maximum atomic E-state index is 2.73. The molecule has 4 aliphatic rings. The van der Waals surface area contributed by atoms with Crippen LogP contribution in [0.2, 0.25) is 0 Å². The maximum absolute atomic E-state index is 2.73. The first kappa shape index (κ1) is 24.0. The fourth-order valence-corrected chi connectivity index (χ4v) is 11.2. The normalized spacial score (nSPS) is 19.2. The standard InChI is InChI=1S/C34H39N2Te/c1-20-15-21(2)30(22(3)16-20)31-25-18-27-28(35(6)14-11-34(27,4)5)19-29(25)37-33-24-10-8-13-36-12-7-9-23(32(24)36)17-26(31)33/h15-19H,7-14H2,1-6H3/q+1. The van der Waals surface area contributed by atoms with Crippen molar-refractivity contribution in [3.05, 3.63) is 85.4 Å². The predicted octanol–water partition coefficient (Wildman–Crippen LogP) is 3.33. The molecule has 190 valence electrons. The fraction of sp³-hybridized carbons (Fsp3) is 0.441. The van der Waals surface area contributed by atoms with Crippen molar-refractivity contribution in [1.29, 1.82) is 0 Å². The van der Waals surface area contributed by atoms with Crippen molar-refractivity contribution in [2.75, 3.05) is 31.6 Å². The number of nitrogens with zero attached hydrogens (tertiary/aromatic N) is 2. The number of aryl methyl sites for hydroxylation is 4. The molecule has 0 saturated heterocycles. The Labute approximate surface area is 232 Å². The monoisotopic (exact) mass is 605 g/mol. The molecular formula is C34H39N2Te+. The van der Waals surface area contributed by atoms with Gasteiger partial charge in [0.1, 0.15) is 0 Å². The average molecular weight is 603 g/mol. The Morgan fingerprint density at radius 1 is 0.919 bits per heavy atom. The molecule has 0 atom stereocenters. The van der Waals surface area contributed by atoms with Crippen LogP contribution >= 0.6 is 0 Å². The van der Waals surface area contributed by atoms with Gasteiger partial charge in [-0.25, -0.2) is 0 Å². The molecule has 4 heterocycles. The number of fused-ring (bicyclic) bond motifs is 4. The molecule has 3 heteroatoms. The molecular weight excluding hydrogens is 564 g/mol. The third-order valence-corrected chi connectivity index (χ3v) is 13.0. The van der Waals surface area contributed by atoms with Crippen LogP contribution in [0.1, 0.15) is 77.6 Å². The van der Waals surface area contributed by atoms with E-state index in [-0.39, 0.29) is 5.41 Å². The third kappa shape index (κ3) is 3.60. The zero-order valence-corrected chi connectivity index (χ0v) is 25.7. The zero-order valence-electron chi connectivity index (χ0n) is 23.3. The van der Waals surface area contributed by atoms with Crippen LogP contribution in [0.3, 0.4) is 0 Å². The second-order valence-electron chi connectivity index (χ2n) is 12.6. The Kier molecular flexibility index (Phi) is 5.49. The molecule has 0 unspecified atom stereocenters. The number of rotatable bonds is 1. The molecule has 37 heavy (non-hydrogen) atoms. The summed E-state index contributed by atoms with van der Waals surface area (Å²) in [6.45, 7) is 15.5. The molecule has 0 aromatic heterocycles. The van der Waals surface area contributed by atoms with Gasteiger partial charge >= 0.3 is 233 Å². The van der Waals surface area contributed by atoms with E-state index in [1.807, 2.05) is 0 Å². The topological polar surface area (TPSA) is 6.25 Å². The van der Waals surface area contributed by atoms with Gasteiger partial charge in [0.25, 0.3) is 0 Å². The van der Waals surface area contributed by atoms with E-state index in [1.165, 1.54) is 78.7 Å². The molecule has 0 bridgehead atoms. The Bertz CT molecular complexity index is 1600. The van der Waals surface area contributed by atoms with Crippen molar-refractivity contribution in [2.45, 2.75) is 72.1 Å². The molecule has 7 rings (SSSR count). The summed E-state index contributed by atoms with van der Waals surface area (Å²) in [5, 5.41) is 3.22. The SMILES string of the molecule is Cc1cc(C)c(C2=c3cc4c5c(c3[Te]c3cc6c(cc32)C(C)(C)CCN6C)CCC[N+]=5CCC4)c(C)c1. The van der Waals surface area contributed by atoms with E-state index in [1.54, 1.807) is 40.1 Å². The summed E-state index contributed by atoms with van der Waals surface area (Å²) in [6, 6.07) is 12.7. The van der Waals surface area contributed by atoms with E-state index in [4.69, 9.17) is 0 Å². The Hall–Kier alpha value is -2.08. The Morgan fingerprint density at radius 2 is 1.65 bits per heavy atom. The van der Waals surface area contributed by atoms with Crippen LogP contribution in [0.5, 0.6) is 0 Å². The van der Waals surface area contributed by atoms with E-state index < -0.39 is 20.9 Å². The van der Waals surface area contributed by atoms with Gasteiger partial charge in [0.2, 0.25) is 0 Å². The molecule has 0 aliphatic carbocycles. The first-order valence-electron chi connectivity index (χ1n) is 14.2. The fourth-order valence-electron chi connectivity index (χ4n) is 7.64. The summed E-state index contributed by atoms with van der Waals surface area (Å²) in [4.78, 5) is 2.52. The summed E-state index contributed by atoms with van der Waals surface area (Å²) < 4.78 is 6.13. The molecule has 2 nitrogen and oxygen atoms in total. The van der Waals surface area contributed by atoms with Crippen LogP contribution in [0, 0.1) is 20.8 Å². The van der Waals surface area contributed by atoms with E-state index >= 15 is 0 Å². The summed E-state index contributed by atoms with van der Waals surface area (Å²) in [5.41, 5.74) is 15.4. The molecule has 3 aromatic carbocycles. The average Bonchev–Trinajstić information content (AvgIpc) is 2.86. The number of hydrogen-bond donors (Lipinski definition) is 0. The van der Waals surface area contributed by atoms with Gasteiger partial charge in [-0.15, -0.1) is 0 Å². The van der Waals surface area contributed by atoms with Crippen LogP contribution in [-0.2, 0) is 18.3 Å². The molecule has 4 aliphatic heterocycles. The minimum atomic E-state index is -0.480. The third-order valence-electron chi connectivity index (χ3n) is 9.46. The van der Waals surface area contributed by atoms with Crippen molar-refractivity contribution in [1.82, 2.24) is 4.58 Å². The molecule has 0 fully saturated rings. The van der Waals surface area contributed by atoms with E-state index in [0.717, 1.165) is 6.54 Å². The second-order valence-corrected chi connectivity index (χ2v) is 15.6. The van der Waals surface area contributed by atoms with E-state index in [2.05, 4.69) is 81.5 Å². The van der Waals surface area contributed by atoms with Gasteiger partial charge in [0, 0.05) is 0 Å². The Morgan fingerprint density at radius 3 is 2.41 bits per heavy atom. The van der Waals surface area contributed by atoms with Crippen LogP contribution in [0.25, 0.3) is 5.57 Å². The summed E-state index contributed by atoms with van der Waals surface area (Å²) in [5.74, 6) is 0. The van der Waals surface area contributed by atoms with Gasteiger partial charge in [-0.2, -0.15) is 0 Å². The van der Waals surface area contributed by atoms with E-state index in [9.17, 15) is 0 Å². The number of hydrogen-bond acceptors (Lipinski definition) is 1. The second kappa shape index (κ2) is 8.46. The Balaban J connectivity index is 1.65. The number of benzene rings is 3. The van der Waals surface area contributed by atoms with Crippen molar-refractivity contribution in [3.8, 4) is 0 Å². The quantitative estimate of drug-likeness (QED) is 0.239. The van der Waals surface area contributed by atoms with Crippen LogP contribution in [0.4, 0.5) is 5.69 Å². The molecule has 0 N–H and O–H groups in total. The van der Waals surface area contributed by atoms with Crippen LogP contribution in [0.15, 0.2) is 30.3 Å². The summed E-state index contributed by atoms with van der Waals surface area (Å²) in [7, 11) is 2.30. The minimum absolute atomic E-state index is 0.211. The molecule has 0 radical (unpaired) electrons. The van der Waals surface area contributed by atoms with E-state index in [0.29, 0.717) is 0 Å².